The van der Waals surface area contributed by atoms with Crippen LogP contribution in [0.25, 0.3) is 6.08 Å². The molecule has 0 amide bonds. The van der Waals surface area contributed by atoms with Crippen LogP contribution in [0.15, 0.2) is 66.7 Å². The lowest BCUT2D eigenvalue weighted by Crippen LogP contribution is -1.85. The highest BCUT2D eigenvalue weighted by molar-refractivity contribution is 5.85. The van der Waals surface area contributed by atoms with Crippen LogP contribution < -0.4 is 0 Å². The molecule has 0 aliphatic carbocycles. The molecule has 0 fully saturated rings. The van der Waals surface area contributed by atoms with Crippen LogP contribution in [-0.2, 0) is 4.79 Å². The molecule has 0 radical (unpaired) electrons. The lowest BCUT2D eigenvalue weighted by molar-refractivity contribution is -0.131. The monoisotopic (exact) mass is 254 g/mol. The number of hydrogen-bond acceptors (Lipinski definition) is 2. The Hall–Kier alpha value is -2.68. The van der Waals surface area contributed by atoms with Crippen molar-refractivity contribution in [1.29, 1.82) is 0 Å². The van der Waals surface area contributed by atoms with Crippen LogP contribution in [0.2, 0.25) is 0 Å². The lowest BCUT2D eigenvalue weighted by atomic mass is 10.2. The van der Waals surface area contributed by atoms with Gasteiger partial charge in [-0.05, 0) is 11.6 Å². The smallest absolute Gasteiger partial charge is 0.328 e. The maximum Gasteiger partial charge on any atom is 0.328 e. The molecule has 0 spiro atoms. The molecule has 0 aromatic heterocycles. The summed E-state index contributed by atoms with van der Waals surface area (Å²) < 4.78 is 0. The molecular formula is C16H14O3. The van der Waals surface area contributed by atoms with Gasteiger partial charge in [0.05, 0.1) is 0 Å². The Bertz CT molecular complexity index is 530. The van der Waals surface area contributed by atoms with E-state index in [0.717, 1.165) is 23.5 Å². The Kier molecular flexibility index (Phi) is 6.37. The molecule has 0 atom stereocenters. The molecule has 0 unspecified atom stereocenters. The molecule has 0 saturated heterocycles. The van der Waals surface area contributed by atoms with E-state index in [1.807, 2.05) is 48.5 Å². The highest BCUT2D eigenvalue weighted by atomic mass is 16.4. The summed E-state index contributed by atoms with van der Waals surface area (Å²) >= 11 is 0. The molecule has 19 heavy (non-hydrogen) atoms. The molecule has 96 valence electrons. The number of carboxylic acids is 1. The minimum absolute atomic E-state index is 0.729. The van der Waals surface area contributed by atoms with Gasteiger partial charge in [0.1, 0.15) is 6.29 Å². The van der Waals surface area contributed by atoms with Gasteiger partial charge in [0.15, 0.2) is 0 Å². The van der Waals surface area contributed by atoms with Gasteiger partial charge in [-0.3, -0.25) is 4.79 Å². The Morgan fingerprint density at radius 2 is 1.32 bits per heavy atom. The molecule has 0 aliphatic heterocycles. The average Bonchev–Trinajstić information content (AvgIpc) is 2.48. The largest absolute Gasteiger partial charge is 0.478 e. The second kappa shape index (κ2) is 8.42. The molecule has 0 saturated carbocycles. The first-order chi connectivity index (χ1) is 9.22. The Morgan fingerprint density at radius 3 is 1.68 bits per heavy atom. The minimum atomic E-state index is -0.922. The lowest BCUT2D eigenvalue weighted by Gasteiger charge is -1.87. The maximum absolute atomic E-state index is 10.1. The molecule has 0 heterocycles. The fourth-order valence-corrected chi connectivity index (χ4v) is 1.26. The first-order valence-electron chi connectivity index (χ1n) is 5.68. The Labute approximate surface area is 111 Å². The van der Waals surface area contributed by atoms with Gasteiger partial charge in [-0.1, -0.05) is 60.7 Å². The second-order valence-electron chi connectivity index (χ2n) is 3.61. The Morgan fingerprint density at radius 1 is 0.842 bits per heavy atom. The number of aldehydes is 1. The quantitative estimate of drug-likeness (QED) is 0.675. The summed E-state index contributed by atoms with van der Waals surface area (Å²) in [6.07, 6.45) is 3.51. The van der Waals surface area contributed by atoms with Crippen LogP contribution in [0.4, 0.5) is 0 Å². The third kappa shape index (κ3) is 6.58. The van der Waals surface area contributed by atoms with E-state index >= 15 is 0 Å². The maximum atomic E-state index is 10.1. The first-order valence-corrected chi connectivity index (χ1v) is 5.68. The highest BCUT2D eigenvalue weighted by Gasteiger charge is 1.86. The van der Waals surface area contributed by atoms with Crippen molar-refractivity contribution in [3.8, 4) is 0 Å². The van der Waals surface area contributed by atoms with Crippen molar-refractivity contribution >= 4 is 18.3 Å². The van der Waals surface area contributed by atoms with E-state index in [-0.39, 0.29) is 0 Å². The standard InChI is InChI=1S/C9H8O2.C7H6O/c10-9(11)7-6-8-4-2-1-3-5-8;8-6-7-4-2-1-3-5-7/h1-7H,(H,10,11);1-6H. The van der Waals surface area contributed by atoms with Crippen LogP contribution in [0.5, 0.6) is 0 Å². The number of aliphatic carboxylic acids is 1. The summed E-state index contributed by atoms with van der Waals surface area (Å²) in [7, 11) is 0. The number of carbonyl (C=O) groups is 2. The molecule has 1 N–H and O–H groups in total. The van der Waals surface area contributed by atoms with Crippen molar-refractivity contribution in [2.45, 2.75) is 0 Å². The Balaban J connectivity index is 0.000000200. The van der Waals surface area contributed by atoms with Crippen molar-refractivity contribution in [2.24, 2.45) is 0 Å². The first kappa shape index (κ1) is 14.4. The minimum Gasteiger partial charge on any atom is -0.478 e. The molecule has 2 aromatic carbocycles. The zero-order valence-corrected chi connectivity index (χ0v) is 10.3. The molecule has 0 bridgehead atoms. The fourth-order valence-electron chi connectivity index (χ4n) is 1.26. The molecular weight excluding hydrogens is 240 g/mol. The van der Waals surface area contributed by atoms with Crippen LogP contribution in [0.3, 0.4) is 0 Å². The molecule has 2 aromatic rings. The van der Waals surface area contributed by atoms with Gasteiger partial charge in [-0.25, -0.2) is 4.79 Å². The van der Waals surface area contributed by atoms with Gasteiger partial charge < -0.3 is 5.11 Å². The summed E-state index contributed by atoms with van der Waals surface area (Å²) in [6.45, 7) is 0. The predicted molar refractivity (Wildman–Crippen MR) is 74.9 cm³/mol. The highest BCUT2D eigenvalue weighted by Crippen LogP contribution is 1.99. The van der Waals surface area contributed by atoms with Crippen LogP contribution in [0.1, 0.15) is 15.9 Å². The van der Waals surface area contributed by atoms with Crippen molar-refractivity contribution in [3.05, 3.63) is 77.9 Å². The van der Waals surface area contributed by atoms with Crippen LogP contribution in [-0.4, -0.2) is 17.4 Å². The number of rotatable bonds is 3. The molecule has 3 nitrogen and oxygen atoms in total. The van der Waals surface area contributed by atoms with Crippen molar-refractivity contribution in [3.63, 3.8) is 0 Å². The van der Waals surface area contributed by atoms with Gasteiger partial charge in [0, 0.05) is 11.6 Å². The van der Waals surface area contributed by atoms with E-state index in [1.54, 1.807) is 18.2 Å². The van der Waals surface area contributed by atoms with Gasteiger partial charge in [0.2, 0.25) is 0 Å². The number of benzene rings is 2. The van der Waals surface area contributed by atoms with E-state index < -0.39 is 5.97 Å². The third-order valence-electron chi connectivity index (χ3n) is 2.15. The van der Waals surface area contributed by atoms with E-state index in [1.165, 1.54) is 0 Å². The van der Waals surface area contributed by atoms with Crippen molar-refractivity contribution < 1.29 is 14.7 Å². The van der Waals surface area contributed by atoms with Crippen LogP contribution in [0, 0.1) is 0 Å². The molecule has 3 heteroatoms. The fraction of sp³-hybridized carbons (Fsp3) is 0. The summed E-state index contributed by atoms with van der Waals surface area (Å²) in [5, 5.41) is 8.29. The van der Waals surface area contributed by atoms with Crippen LogP contribution >= 0.6 is 0 Å². The zero-order valence-electron chi connectivity index (χ0n) is 10.3. The summed E-state index contributed by atoms with van der Waals surface area (Å²) in [5.41, 5.74) is 1.63. The predicted octanol–water partition coefficient (Wildman–Crippen LogP) is 3.28. The number of carbonyl (C=O) groups excluding carboxylic acids is 1. The van der Waals surface area contributed by atoms with Gasteiger partial charge in [-0.2, -0.15) is 0 Å². The second-order valence-corrected chi connectivity index (χ2v) is 3.61. The van der Waals surface area contributed by atoms with Gasteiger partial charge >= 0.3 is 5.97 Å². The van der Waals surface area contributed by atoms with E-state index in [2.05, 4.69) is 0 Å². The molecule has 2 rings (SSSR count). The van der Waals surface area contributed by atoms with E-state index in [0.29, 0.717) is 0 Å². The van der Waals surface area contributed by atoms with E-state index in [9.17, 15) is 9.59 Å². The van der Waals surface area contributed by atoms with Crippen molar-refractivity contribution in [1.82, 2.24) is 0 Å². The van der Waals surface area contributed by atoms with Gasteiger partial charge in [0.25, 0.3) is 0 Å². The number of carboxylic acid groups (broad SMARTS) is 1. The zero-order chi connectivity index (χ0) is 13.9. The normalized spacial score (nSPS) is 9.47. The van der Waals surface area contributed by atoms with Gasteiger partial charge in [-0.15, -0.1) is 0 Å². The molecule has 0 aliphatic rings. The number of hydrogen-bond donors (Lipinski definition) is 1. The summed E-state index contributed by atoms with van der Waals surface area (Å²) in [6, 6.07) is 18.4. The van der Waals surface area contributed by atoms with E-state index in [4.69, 9.17) is 5.11 Å². The topological polar surface area (TPSA) is 54.4 Å². The summed E-state index contributed by atoms with van der Waals surface area (Å²) in [5.74, 6) is -0.922. The SMILES string of the molecule is O=C(O)C=Cc1ccccc1.O=Cc1ccccc1. The van der Waals surface area contributed by atoms with Crippen molar-refractivity contribution in [2.75, 3.05) is 0 Å². The average molecular weight is 254 g/mol. The summed E-state index contributed by atoms with van der Waals surface area (Å²) in [4.78, 5) is 20.1. The third-order valence-corrected chi connectivity index (χ3v) is 2.15.